The second-order valence-corrected chi connectivity index (χ2v) is 7.37. The molecule has 3 aromatic carbocycles. The zero-order valence-electron chi connectivity index (χ0n) is 18.2. The molecule has 0 unspecified atom stereocenters. The van der Waals surface area contributed by atoms with Crippen molar-refractivity contribution in [1.29, 1.82) is 0 Å². The van der Waals surface area contributed by atoms with Gasteiger partial charge in [-0.05, 0) is 60.5 Å². The van der Waals surface area contributed by atoms with Gasteiger partial charge in [0.2, 0.25) is 11.8 Å². The molecule has 0 radical (unpaired) electrons. The van der Waals surface area contributed by atoms with Gasteiger partial charge < -0.3 is 20.1 Å². The Morgan fingerprint density at radius 1 is 0.639 bits per heavy atom. The van der Waals surface area contributed by atoms with Crippen molar-refractivity contribution in [2.75, 3.05) is 10.6 Å². The van der Waals surface area contributed by atoms with Crippen molar-refractivity contribution in [2.24, 2.45) is 5.92 Å². The lowest BCUT2D eigenvalue weighted by Gasteiger charge is -2.18. The number of carbonyl (C=O) groups excluding carboxylic acids is 2. The maximum absolute atomic E-state index is 12.9. The zero-order valence-corrected chi connectivity index (χ0v) is 18.2. The molecule has 0 aliphatic heterocycles. The van der Waals surface area contributed by atoms with Gasteiger partial charge in [0.1, 0.15) is 17.4 Å². The van der Waals surface area contributed by atoms with E-state index in [1.807, 2.05) is 0 Å². The molecule has 0 aliphatic rings. The molecular formula is C24H18F6N2O4. The smallest absolute Gasteiger partial charge is 0.406 e. The Bertz CT molecular complexity index is 1090. The van der Waals surface area contributed by atoms with Gasteiger partial charge in [0.15, 0.2) is 0 Å². The van der Waals surface area contributed by atoms with Crippen LogP contribution >= 0.6 is 0 Å². The van der Waals surface area contributed by atoms with E-state index in [9.17, 15) is 35.9 Å². The fourth-order valence-corrected chi connectivity index (χ4v) is 3.09. The van der Waals surface area contributed by atoms with E-state index in [0.717, 1.165) is 24.3 Å². The maximum atomic E-state index is 12.9. The molecule has 36 heavy (non-hydrogen) atoms. The molecule has 0 aromatic heterocycles. The van der Waals surface area contributed by atoms with E-state index in [1.165, 1.54) is 24.3 Å². The normalized spacial score (nSPS) is 11.6. The standard InChI is InChI=1S/C24H18F6N2O4/c25-23(26,27)35-18-10-6-16(7-11-18)31-21(33)20(14-15-4-2-1-3-5-15)22(34)32-17-8-12-19(13-9-17)36-24(28,29)30/h1-13,20H,14H2,(H,31,33)(H,32,34). The zero-order chi connectivity index (χ0) is 26.3. The Kier molecular flexibility index (Phi) is 8.07. The van der Waals surface area contributed by atoms with Gasteiger partial charge in [0.25, 0.3) is 0 Å². The average Bonchev–Trinajstić information content (AvgIpc) is 2.79. The molecule has 0 aliphatic carbocycles. The molecule has 0 fully saturated rings. The predicted octanol–water partition coefficient (Wildman–Crippen LogP) is 5.92. The molecule has 0 bridgehead atoms. The van der Waals surface area contributed by atoms with Crippen molar-refractivity contribution in [3.8, 4) is 11.5 Å². The number of benzene rings is 3. The number of nitrogens with one attached hydrogen (secondary N) is 2. The van der Waals surface area contributed by atoms with Crippen molar-refractivity contribution < 1.29 is 45.4 Å². The highest BCUT2D eigenvalue weighted by Gasteiger charge is 2.32. The third-order valence-electron chi connectivity index (χ3n) is 4.63. The molecule has 12 heteroatoms. The van der Waals surface area contributed by atoms with E-state index < -0.39 is 42.0 Å². The average molecular weight is 512 g/mol. The number of alkyl halides is 6. The molecule has 0 heterocycles. The summed E-state index contributed by atoms with van der Waals surface area (Å²) >= 11 is 0. The molecule has 6 nitrogen and oxygen atoms in total. The van der Waals surface area contributed by atoms with E-state index >= 15 is 0 Å². The second-order valence-electron chi connectivity index (χ2n) is 7.37. The Labute approximate surface area is 200 Å². The highest BCUT2D eigenvalue weighted by molar-refractivity contribution is 6.11. The summed E-state index contributed by atoms with van der Waals surface area (Å²) in [5, 5.41) is 4.94. The Hall–Kier alpha value is -4.22. The fourth-order valence-electron chi connectivity index (χ4n) is 3.09. The van der Waals surface area contributed by atoms with Gasteiger partial charge in [-0.15, -0.1) is 26.3 Å². The van der Waals surface area contributed by atoms with Gasteiger partial charge in [-0.25, -0.2) is 0 Å². The minimum Gasteiger partial charge on any atom is -0.406 e. The van der Waals surface area contributed by atoms with Crippen LogP contribution in [0.25, 0.3) is 0 Å². The lowest BCUT2D eigenvalue weighted by molar-refractivity contribution is -0.275. The fraction of sp³-hybridized carbons (Fsp3) is 0.167. The highest BCUT2D eigenvalue weighted by atomic mass is 19.4. The number of carbonyl (C=O) groups is 2. The maximum Gasteiger partial charge on any atom is 0.573 e. The third kappa shape index (κ3) is 8.53. The van der Waals surface area contributed by atoms with Crippen molar-refractivity contribution in [2.45, 2.75) is 19.1 Å². The lowest BCUT2D eigenvalue weighted by Crippen LogP contribution is -2.35. The quantitative estimate of drug-likeness (QED) is 0.290. The number of ether oxygens (including phenoxy) is 2. The van der Waals surface area contributed by atoms with Crippen LogP contribution in [0.3, 0.4) is 0 Å². The second kappa shape index (κ2) is 11.0. The van der Waals surface area contributed by atoms with Crippen LogP contribution in [0.2, 0.25) is 0 Å². The van der Waals surface area contributed by atoms with Crippen molar-refractivity contribution >= 4 is 23.2 Å². The first-order valence-corrected chi connectivity index (χ1v) is 10.3. The van der Waals surface area contributed by atoms with Crippen LogP contribution in [0.5, 0.6) is 11.5 Å². The lowest BCUT2D eigenvalue weighted by atomic mass is 9.97. The monoisotopic (exact) mass is 512 g/mol. The summed E-state index contributed by atoms with van der Waals surface area (Å²) in [5.41, 5.74) is 0.888. The molecule has 0 saturated carbocycles. The van der Waals surface area contributed by atoms with Gasteiger partial charge in [-0.1, -0.05) is 30.3 Å². The van der Waals surface area contributed by atoms with Crippen LogP contribution < -0.4 is 20.1 Å². The Morgan fingerprint density at radius 2 is 1.03 bits per heavy atom. The van der Waals surface area contributed by atoms with E-state index in [2.05, 4.69) is 20.1 Å². The molecular weight excluding hydrogens is 494 g/mol. The van der Waals surface area contributed by atoms with E-state index in [1.54, 1.807) is 30.3 Å². The van der Waals surface area contributed by atoms with Crippen LogP contribution in [-0.4, -0.2) is 24.5 Å². The largest absolute Gasteiger partial charge is 0.573 e. The molecule has 3 aromatic rings. The summed E-state index contributed by atoms with van der Waals surface area (Å²) < 4.78 is 81.6. The molecule has 0 saturated heterocycles. The number of hydrogen-bond acceptors (Lipinski definition) is 4. The van der Waals surface area contributed by atoms with Gasteiger partial charge in [0, 0.05) is 11.4 Å². The van der Waals surface area contributed by atoms with Crippen LogP contribution in [0.4, 0.5) is 37.7 Å². The molecule has 0 atom stereocenters. The predicted molar refractivity (Wildman–Crippen MR) is 117 cm³/mol. The number of anilines is 2. The van der Waals surface area contributed by atoms with Crippen molar-refractivity contribution in [3.63, 3.8) is 0 Å². The number of amides is 2. The van der Waals surface area contributed by atoms with Crippen LogP contribution in [0.1, 0.15) is 5.56 Å². The summed E-state index contributed by atoms with van der Waals surface area (Å²) in [6.45, 7) is 0. The number of rotatable bonds is 8. The Balaban J connectivity index is 1.73. The summed E-state index contributed by atoms with van der Waals surface area (Å²) in [6, 6.07) is 17.3. The number of halogens is 6. The van der Waals surface area contributed by atoms with Gasteiger partial charge in [0.05, 0.1) is 0 Å². The molecule has 2 amide bonds. The van der Waals surface area contributed by atoms with Crippen LogP contribution in [-0.2, 0) is 16.0 Å². The topological polar surface area (TPSA) is 76.7 Å². The minimum absolute atomic E-state index is 0.0248. The van der Waals surface area contributed by atoms with Gasteiger partial charge >= 0.3 is 12.7 Å². The van der Waals surface area contributed by atoms with Gasteiger partial charge in [-0.3, -0.25) is 9.59 Å². The van der Waals surface area contributed by atoms with E-state index in [0.29, 0.717) is 5.56 Å². The van der Waals surface area contributed by atoms with Gasteiger partial charge in [-0.2, -0.15) is 0 Å². The first-order chi connectivity index (χ1) is 16.9. The van der Waals surface area contributed by atoms with Crippen LogP contribution in [0, 0.1) is 5.92 Å². The highest BCUT2D eigenvalue weighted by Crippen LogP contribution is 2.26. The summed E-state index contributed by atoms with van der Waals surface area (Å²) in [5.74, 6) is -3.77. The molecule has 2 N–H and O–H groups in total. The number of hydrogen-bond donors (Lipinski definition) is 2. The van der Waals surface area contributed by atoms with E-state index in [-0.39, 0.29) is 17.8 Å². The third-order valence-corrected chi connectivity index (χ3v) is 4.63. The van der Waals surface area contributed by atoms with Crippen molar-refractivity contribution in [3.05, 3.63) is 84.4 Å². The van der Waals surface area contributed by atoms with Crippen LogP contribution in [0.15, 0.2) is 78.9 Å². The summed E-state index contributed by atoms with van der Waals surface area (Å²) in [7, 11) is 0. The first-order valence-electron chi connectivity index (χ1n) is 10.3. The summed E-state index contributed by atoms with van der Waals surface area (Å²) in [4.78, 5) is 25.9. The summed E-state index contributed by atoms with van der Waals surface area (Å²) in [6.07, 6.45) is -9.77. The first kappa shape index (κ1) is 26.4. The van der Waals surface area contributed by atoms with Crippen molar-refractivity contribution in [1.82, 2.24) is 0 Å². The SMILES string of the molecule is O=C(Nc1ccc(OC(F)(F)F)cc1)C(Cc1ccccc1)C(=O)Nc1ccc(OC(F)(F)F)cc1. The molecule has 0 spiro atoms. The van der Waals surface area contributed by atoms with E-state index in [4.69, 9.17) is 0 Å². The molecule has 3 rings (SSSR count). The minimum atomic E-state index is -4.87. The molecule has 190 valence electrons. The Morgan fingerprint density at radius 3 is 1.39 bits per heavy atom.